The van der Waals surface area contributed by atoms with Gasteiger partial charge in [0.15, 0.2) is 0 Å². The molecule has 0 spiro atoms. The predicted molar refractivity (Wildman–Crippen MR) is 89.3 cm³/mol. The van der Waals surface area contributed by atoms with Gasteiger partial charge < -0.3 is 20.1 Å². The Labute approximate surface area is 139 Å². The molecule has 2 N–H and O–H groups in total. The van der Waals surface area contributed by atoms with Crippen molar-refractivity contribution in [2.75, 3.05) is 19.7 Å². The van der Waals surface area contributed by atoms with Gasteiger partial charge in [-0.05, 0) is 38.5 Å². The smallest absolute Gasteiger partial charge is 0.407 e. The number of ether oxygens (including phenoxy) is 2. The minimum atomic E-state index is -0.467. The SMILES string of the molecule is CC(C)(C)OC(=O)NCCNCc1cc(Br)cc2c1OCC2. The van der Waals surface area contributed by atoms with Gasteiger partial charge in [0.1, 0.15) is 11.4 Å². The normalized spacial score (nSPS) is 13.5. The Hall–Kier alpha value is -1.27. The van der Waals surface area contributed by atoms with Crippen LogP contribution in [0.3, 0.4) is 0 Å². The van der Waals surface area contributed by atoms with Crippen molar-refractivity contribution < 1.29 is 14.3 Å². The molecule has 0 aliphatic carbocycles. The number of hydrogen-bond acceptors (Lipinski definition) is 4. The van der Waals surface area contributed by atoms with Crippen molar-refractivity contribution in [3.8, 4) is 5.75 Å². The zero-order valence-electron chi connectivity index (χ0n) is 13.3. The third-order valence-electron chi connectivity index (χ3n) is 3.11. The van der Waals surface area contributed by atoms with Gasteiger partial charge in [0.05, 0.1) is 6.61 Å². The van der Waals surface area contributed by atoms with Crippen LogP contribution in [0.15, 0.2) is 16.6 Å². The van der Waals surface area contributed by atoms with Gasteiger partial charge in [0, 0.05) is 36.1 Å². The van der Waals surface area contributed by atoms with Gasteiger partial charge in [-0.25, -0.2) is 4.79 Å². The summed E-state index contributed by atoms with van der Waals surface area (Å²) in [5, 5.41) is 6.03. The van der Waals surface area contributed by atoms with E-state index in [-0.39, 0.29) is 6.09 Å². The van der Waals surface area contributed by atoms with Gasteiger partial charge in [-0.1, -0.05) is 15.9 Å². The number of rotatable bonds is 5. The van der Waals surface area contributed by atoms with Crippen molar-refractivity contribution >= 4 is 22.0 Å². The third-order valence-corrected chi connectivity index (χ3v) is 3.57. The monoisotopic (exact) mass is 370 g/mol. The summed E-state index contributed by atoms with van der Waals surface area (Å²) in [4.78, 5) is 11.5. The summed E-state index contributed by atoms with van der Waals surface area (Å²) in [5.41, 5.74) is 1.92. The Balaban J connectivity index is 1.73. The lowest BCUT2D eigenvalue weighted by Crippen LogP contribution is -2.36. The van der Waals surface area contributed by atoms with Crippen LogP contribution in [-0.2, 0) is 17.7 Å². The molecule has 0 fully saturated rings. The highest BCUT2D eigenvalue weighted by molar-refractivity contribution is 9.10. The summed E-state index contributed by atoms with van der Waals surface area (Å²) < 4.78 is 11.9. The van der Waals surface area contributed by atoms with Crippen molar-refractivity contribution in [2.24, 2.45) is 0 Å². The molecule has 6 heteroatoms. The number of carbonyl (C=O) groups is 1. The predicted octanol–water partition coefficient (Wildman–Crippen LogP) is 3.00. The topological polar surface area (TPSA) is 59.6 Å². The number of halogens is 1. The molecular weight excluding hydrogens is 348 g/mol. The Morgan fingerprint density at radius 1 is 1.36 bits per heavy atom. The molecule has 5 nitrogen and oxygen atoms in total. The van der Waals surface area contributed by atoms with Crippen LogP contribution in [0, 0.1) is 0 Å². The minimum Gasteiger partial charge on any atom is -0.493 e. The lowest BCUT2D eigenvalue weighted by Gasteiger charge is -2.19. The molecule has 1 amide bonds. The Morgan fingerprint density at radius 3 is 2.86 bits per heavy atom. The van der Waals surface area contributed by atoms with Crippen LogP contribution in [0.5, 0.6) is 5.75 Å². The Kier molecular flexibility index (Phi) is 5.69. The molecule has 0 atom stereocenters. The molecule has 2 rings (SSSR count). The van der Waals surface area contributed by atoms with Crippen molar-refractivity contribution in [3.63, 3.8) is 0 Å². The highest BCUT2D eigenvalue weighted by Gasteiger charge is 2.17. The average Bonchev–Trinajstić information content (AvgIpc) is 2.84. The van der Waals surface area contributed by atoms with Crippen LogP contribution in [0.4, 0.5) is 4.79 Å². The highest BCUT2D eigenvalue weighted by atomic mass is 79.9. The molecule has 0 aromatic heterocycles. The number of carbonyl (C=O) groups excluding carboxylic acids is 1. The maximum atomic E-state index is 11.5. The summed E-state index contributed by atoms with van der Waals surface area (Å²) in [6.45, 7) is 8.18. The summed E-state index contributed by atoms with van der Waals surface area (Å²) >= 11 is 3.53. The second-order valence-corrected chi connectivity index (χ2v) is 7.17. The minimum absolute atomic E-state index is 0.388. The van der Waals surface area contributed by atoms with Crippen LogP contribution >= 0.6 is 15.9 Å². The zero-order chi connectivity index (χ0) is 16.2. The summed E-state index contributed by atoms with van der Waals surface area (Å²) in [6, 6.07) is 4.17. The second kappa shape index (κ2) is 7.33. The van der Waals surface area contributed by atoms with Crippen LogP contribution in [0.25, 0.3) is 0 Å². The van der Waals surface area contributed by atoms with E-state index in [0.717, 1.165) is 28.8 Å². The molecule has 0 saturated heterocycles. The molecule has 22 heavy (non-hydrogen) atoms. The molecule has 0 unspecified atom stereocenters. The molecule has 0 radical (unpaired) electrons. The van der Waals surface area contributed by atoms with Crippen LogP contribution < -0.4 is 15.4 Å². The van der Waals surface area contributed by atoms with Crippen LogP contribution in [0.2, 0.25) is 0 Å². The van der Waals surface area contributed by atoms with Crippen LogP contribution in [0.1, 0.15) is 31.9 Å². The lowest BCUT2D eigenvalue weighted by atomic mass is 10.1. The molecule has 1 aliphatic rings. The maximum Gasteiger partial charge on any atom is 0.407 e. The second-order valence-electron chi connectivity index (χ2n) is 6.26. The molecule has 1 aromatic carbocycles. The number of hydrogen-bond donors (Lipinski definition) is 2. The fourth-order valence-corrected chi connectivity index (χ4v) is 2.82. The first-order valence-electron chi connectivity index (χ1n) is 7.47. The maximum absolute atomic E-state index is 11.5. The molecule has 0 bridgehead atoms. The van der Waals surface area contributed by atoms with Crippen molar-refractivity contribution in [1.82, 2.24) is 10.6 Å². The van der Waals surface area contributed by atoms with E-state index in [1.807, 2.05) is 20.8 Å². The quantitative estimate of drug-likeness (QED) is 0.782. The average molecular weight is 371 g/mol. The zero-order valence-corrected chi connectivity index (χ0v) is 14.9. The number of amides is 1. The van der Waals surface area contributed by atoms with E-state index in [1.54, 1.807) is 0 Å². The number of benzene rings is 1. The van der Waals surface area contributed by atoms with Gasteiger partial charge >= 0.3 is 6.09 Å². The molecular formula is C16H23BrN2O3. The van der Waals surface area contributed by atoms with E-state index in [9.17, 15) is 4.79 Å². The molecule has 0 saturated carbocycles. The van der Waals surface area contributed by atoms with E-state index in [4.69, 9.17) is 9.47 Å². The number of fused-ring (bicyclic) bond motifs is 1. The standard InChI is InChI=1S/C16H23BrN2O3/c1-16(2,3)22-15(20)19-6-5-18-10-12-9-13(17)8-11-4-7-21-14(11)12/h8-9,18H,4-7,10H2,1-3H3,(H,19,20). The first-order valence-corrected chi connectivity index (χ1v) is 8.26. The van der Waals surface area contributed by atoms with Crippen molar-refractivity contribution in [1.29, 1.82) is 0 Å². The van der Waals surface area contributed by atoms with E-state index >= 15 is 0 Å². The molecule has 1 aromatic rings. The largest absolute Gasteiger partial charge is 0.493 e. The number of nitrogens with one attached hydrogen (secondary N) is 2. The molecule has 1 aliphatic heterocycles. The van der Waals surface area contributed by atoms with Gasteiger partial charge in [-0.3, -0.25) is 0 Å². The fourth-order valence-electron chi connectivity index (χ4n) is 2.27. The van der Waals surface area contributed by atoms with E-state index in [1.165, 1.54) is 5.56 Å². The lowest BCUT2D eigenvalue weighted by molar-refractivity contribution is 0.0528. The van der Waals surface area contributed by atoms with Gasteiger partial charge in [-0.15, -0.1) is 0 Å². The first kappa shape index (κ1) is 17.1. The van der Waals surface area contributed by atoms with E-state index in [2.05, 4.69) is 38.7 Å². The fraction of sp³-hybridized carbons (Fsp3) is 0.562. The molecule has 122 valence electrons. The van der Waals surface area contributed by atoms with Crippen molar-refractivity contribution in [2.45, 2.75) is 39.3 Å². The van der Waals surface area contributed by atoms with Gasteiger partial charge in [-0.2, -0.15) is 0 Å². The van der Waals surface area contributed by atoms with Crippen molar-refractivity contribution in [3.05, 3.63) is 27.7 Å². The third kappa shape index (κ3) is 5.18. The summed E-state index contributed by atoms with van der Waals surface area (Å²) in [5.74, 6) is 0.996. The summed E-state index contributed by atoms with van der Waals surface area (Å²) in [7, 11) is 0. The molecule has 1 heterocycles. The Bertz CT molecular complexity index is 541. The highest BCUT2D eigenvalue weighted by Crippen LogP contribution is 2.32. The van der Waals surface area contributed by atoms with E-state index < -0.39 is 5.60 Å². The number of alkyl carbamates (subject to hydrolysis) is 1. The van der Waals surface area contributed by atoms with Crippen LogP contribution in [-0.4, -0.2) is 31.4 Å². The summed E-state index contributed by atoms with van der Waals surface area (Å²) in [6.07, 6.45) is 0.572. The van der Waals surface area contributed by atoms with Gasteiger partial charge in [0.2, 0.25) is 0 Å². The van der Waals surface area contributed by atoms with E-state index in [0.29, 0.717) is 19.6 Å². The first-order chi connectivity index (χ1) is 10.3. The Morgan fingerprint density at radius 2 is 2.14 bits per heavy atom. The van der Waals surface area contributed by atoms with Gasteiger partial charge in [0.25, 0.3) is 0 Å².